The van der Waals surface area contributed by atoms with Crippen LogP contribution in [0.2, 0.25) is 5.02 Å². The van der Waals surface area contributed by atoms with E-state index in [1.165, 1.54) is 7.05 Å². The van der Waals surface area contributed by atoms with E-state index in [1.807, 2.05) is 35.7 Å². The second-order valence-corrected chi connectivity index (χ2v) is 9.81. The molecule has 1 saturated heterocycles. The number of carbonyl (C=O) groups excluding carboxylic acids is 2. The van der Waals surface area contributed by atoms with Gasteiger partial charge < -0.3 is 30.4 Å². The summed E-state index contributed by atoms with van der Waals surface area (Å²) in [5.74, 6) is -2.11. The van der Waals surface area contributed by atoms with Crippen LogP contribution in [-0.4, -0.2) is 69.4 Å². The molecule has 2 aromatic heterocycles. The number of hydrogen-bond donors (Lipinski definition) is 3. The smallest absolute Gasteiger partial charge is 0.349 e. The average molecular weight is 539 g/mol. The van der Waals surface area contributed by atoms with Crippen molar-refractivity contribution in [1.29, 1.82) is 0 Å². The number of amides is 2. The van der Waals surface area contributed by atoms with Gasteiger partial charge in [0.15, 0.2) is 5.96 Å². The van der Waals surface area contributed by atoms with Gasteiger partial charge in [-0.1, -0.05) is 23.7 Å². The van der Waals surface area contributed by atoms with Crippen molar-refractivity contribution in [3.8, 4) is 0 Å². The van der Waals surface area contributed by atoms with Crippen LogP contribution in [0.5, 0.6) is 0 Å². The largest absolute Gasteiger partial charge is 0.478 e. The molecule has 4 N–H and O–H groups in total. The number of aryl methyl sites for hydroxylation is 2. The second kappa shape index (κ2) is 11.1. The molecule has 3 aromatic rings. The number of guanidine groups is 1. The normalized spacial score (nSPS) is 14.5. The Kier molecular flexibility index (Phi) is 7.91. The van der Waals surface area contributed by atoms with E-state index in [0.29, 0.717) is 29.8 Å². The summed E-state index contributed by atoms with van der Waals surface area (Å²) in [6, 6.07) is 9.24. The molecule has 38 heavy (non-hydrogen) atoms. The van der Waals surface area contributed by atoms with Crippen LogP contribution in [0, 0.1) is 13.8 Å². The van der Waals surface area contributed by atoms with E-state index in [0.717, 1.165) is 28.8 Å². The predicted octanol–water partition coefficient (Wildman–Crippen LogP) is 3.03. The summed E-state index contributed by atoms with van der Waals surface area (Å²) in [5, 5.41) is 12.8. The van der Waals surface area contributed by atoms with E-state index in [1.54, 1.807) is 30.2 Å². The molecule has 11 heteroatoms. The number of carbonyl (C=O) groups is 3. The maximum atomic E-state index is 13.5. The van der Waals surface area contributed by atoms with Crippen LogP contribution in [-0.2, 0) is 11.3 Å². The minimum atomic E-state index is -1.52. The molecule has 10 nitrogen and oxygen atoms in total. The third-order valence-corrected chi connectivity index (χ3v) is 7.20. The van der Waals surface area contributed by atoms with Gasteiger partial charge >= 0.3 is 5.97 Å². The quantitative estimate of drug-likeness (QED) is 0.313. The van der Waals surface area contributed by atoms with Crippen molar-refractivity contribution in [2.75, 3.05) is 20.1 Å². The van der Waals surface area contributed by atoms with Crippen LogP contribution < -0.4 is 11.1 Å². The molecular formula is C27H31ClN6O4. The molecule has 4 rings (SSSR count). The SMILES string of the molecule is Cc1cc(C)c(C(=O)N(C)[C@@H](N=C(N)N2CCCC2)C(=O)O)c(Cl)c1CNC(=O)c1cc2ccccn2c1. The van der Waals surface area contributed by atoms with Gasteiger partial charge in [-0.05, 0) is 61.6 Å². The molecule has 1 aliphatic heterocycles. The molecule has 1 fully saturated rings. The van der Waals surface area contributed by atoms with Gasteiger partial charge in [-0.2, -0.15) is 0 Å². The minimum Gasteiger partial charge on any atom is -0.478 e. The predicted molar refractivity (Wildman–Crippen MR) is 145 cm³/mol. The van der Waals surface area contributed by atoms with E-state index >= 15 is 0 Å². The van der Waals surface area contributed by atoms with Gasteiger partial charge in [-0.25, -0.2) is 9.79 Å². The first-order valence-corrected chi connectivity index (χ1v) is 12.7. The number of nitrogens with one attached hydrogen (secondary N) is 1. The fourth-order valence-corrected chi connectivity index (χ4v) is 5.10. The van der Waals surface area contributed by atoms with Gasteiger partial charge in [-0.3, -0.25) is 9.59 Å². The van der Waals surface area contributed by atoms with Gasteiger partial charge in [0.05, 0.1) is 16.1 Å². The number of carboxylic acids is 1. The number of hydrogen-bond acceptors (Lipinski definition) is 4. The first-order chi connectivity index (χ1) is 18.1. The number of nitrogens with two attached hydrogens (primary N) is 1. The maximum Gasteiger partial charge on any atom is 0.349 e. The first-order valence-electron chi connectivity index (χ1n) is 12.3. The highest BCUT2D eigenvalue weighted by Crippen LogP contribution is 2.29. The number of halogens is 1. The van der Waals surface area contributed by atoms with Crippen molar-refractivity contribution in [1.82, 2.24) is 19.5 Å². The van der Waals surface area contributed by atoms with E-state index in [4.69, 9.17) is 17.3 Å². The third-order valence-electron chi connectivity index (χ3n) is 6.79. The average Bonchev–Trinajstić information content (AvgIpc) is 3.56. The van der Waals surface area contributed by atoms with Crippen molar-refractivity contribution in [2.24, 2.45) is 10.7 Å². The van der Waals surface area contributed by atoms with Crippen molar-refractivity contribution in [3.05, 3.63) is 75.6 Å². The minimum absolute atomic E-state index is 0.0857. The van der Waals surface area contributed by atoms with Crippen molar-refractivity contribution in [3.63, 3.8) is 0 Å². The van der Waals surface area contributed by atoms with Gasteiger partial charge in [0.2, 0.25) is 6.17 Å². The van der Waals surface area contributed by atoms with Gasteiger partial charge in [0, 0.05) is 44.6 Å². The molecule has 0 radical (unpaired) electrons. The summed E-state index contributed by atoms with van der Waals surface area (Å²) < 4.78 is 1.85. The molecule has 0 spiro atoms. The number of likely N-dealkylation sites (N-methyl/N-ethyl adjacent to an activating group) is 1. The highest BCUT2D eigenvalue weighted by atomic mass is 35.5. The number of carboxylic acid groups (broad SMARTS) is 1. The van der Waals surface area contributed by atoms with Gasteiger partial charge in [0.25, 0.3) is 11.8 Å². The Morgan fingerprint density at radius 2 is 1.89 bits per heavy atom. The number of aliphatic imine (C=N–C) groups is 1. The van der Waals surface area contributed by atoms with Crippen molar-refractivity contribution in [2.45, 2.75) is 39.4 Å². The molecule has 200 valence electrons. The number of benzene rings is 1. The van der Waals surface area contributed by atoms with E-state index in [2.05, 4.69) is 10.3 Å². The lowest BCUT2D eigenvalue weighted by atomic mass is 9.98. The summed E-state index contributed by atoms with van der Waals surface area (Å²) >= 11 is 6.73. The molecular weight excluding hydrogens is 508 g/mol. The van der Waals surface area contributed by atoms with Crippen molar-refractivity contribution >= 4 is 40.9 Å². The second-order valence-electron chi connectivity index (χ2n) is 9.43. The zero-order chi connectivity index (χ0) is 27.6. The van der Waals surface area contributed by atoms with Gasteiger partial charge in [-0.15, -0.1) is 0 Å². The summed E-state index contributed by atoms with van der Waals surface area (Å²) in [4.78, 5) is 45.4. The lowest BCUT2D eigenvalue weighted by Crippen LogP contribution is -2.45. The van der Waals surface area contributed by atoms with Crippen molar-refractivity contribution < 1.29 is 19.5 Å². The molecule has 0 bridgehead atoms. The Balaban J connectivity index is 1.57. The molecule has 0 saturated carbocycles. The summed E-state index contributed by atoms with van der Waals surface area (Å²) in [6.07, 6.45) is 3.96. The Morgan fingerprint density at radius 1 is 1.18 bits per heavy atom. The fraction of sp³-hybridized carbons (Fsp3) is 0.333. The van der Waals surface area contributed by atoms with Crippen LogP contribution in [0.3, 0.4) is 0 Å². The monoisotopic (exact) mass is 538 g/mol. The molecule has 0 unspecified atom stereocenters. The topological polar surface area (TPSA) is 133 Å². The molecule has 3 heterocycles. The standard InChI is InChI=1S/C27H31ClN6O4/c1-16-12-17(2)21(25(36)32(3)23(26(37)38)31-27(29)33-9-6-7-10-33)22(28)20(16)14-30-24(35)18-13-19-8-4-5-11-34(19)15-18/h4-5,8,11-13,15,23H,6-7,9-10,14H2,1-3H3,(H2,29,31)(H,30,35)(H,37,38)/t23-/m1/s1. The maximum absolute atomic E-state index is 13.5. The Bertz CT molecular complexity index is 1390. The summed E-state index contributed by atoms with van der Waals surface area (Å²) in [7, 11) is 1.36. The molecule has 0 aliphatic carbocycles. The molecule has 2 amide bonds. The van der Waals surface area contributed by atoms with E-state index < -0.39 is 18.0 Å². The van der Waals surface area contributed by atoms with E-state index in [9.17, 15) is 19.5 Å². The number of aromatic nitrogens is 1. The van der Waals surface area contributed by atoms with E-state index in [-0.39, 0.29) is 29.0 Å². The van der Waals surface area contributed by atoms with Crippen LogP contribution in [0.1, 0.15) is 50.2 Å². The highest BCUT2D eigenvalue weighted by molar-refractivity contribution is 6.35. The Hall–Kier alpha value is -4.05. The number of nitrogens with zero attached hydrogens (tertiary/aromatic N) is 4. The summed E-state index contributed by atoms with van der Waals surface area (Å²) in [6.45, 7) is 5.04. The Morgan fingerprint density at radius 3 is 2.55 bits per heavy atom. The van der Waals surface area contributed by atoms with Crippen LogP contribution in [0.4, 0.5) is 0 Å². The zero-order valence-electron chi connectivity index (χ0n) is 21.6. The lowest BCUT2D eigenvalue weighted by molar-refractivity contribution is -0.141. The Labute approximate surface area is 225 Å². The third kappa shape index (κ3) is 5.45. The number of aliphatic carboxylic acids is 1. The van der Waals surface area contributed by atoms with Crippen LogP contribution in [0.15, 0.2) is 47.7 Å². The summed E-state index contributed by atoms with van der Waals surface area (Å²) in [5.41, 5.74) is 9.52. The molecule has 1 aliphatic rings. The fourth-order valence-electron chi connectivity index (χ4n) is 4.66. The van der Waals surface area contributed by atoms with Crippen LogP contribution >= 0.6 is 11.6 Å². The molecule has 1 aromatic carbocycles. The zero-order valence-corrected chi connectivity index (χ0v) is 22.3. The number of pyridine rings is 1. The number of likely N-dealkylation sites (tertiary alicyclic amines) is 1. The molecule has 1 atom stereocenters. The number of fused-ring (bicyclic) bond motifs is 1. The van der Waals surface area contributed by atoms with Gasteiger partial charge in [0.1, 0.15) is 0 Å². The highest BCUT2D eigenvalue weighted by Gasteiger charge is 2.31. The first kappa shape index (κ1) is 27.0. The van der Waals surface area contributed by atoms with Crippen LogP contribution in [0.25, 0.3) is 5.52 Å². The number of rotatable bonds is 7. The lowest BCUT2D eigenvalue weighted by Gasteiger charge is -2.26.